The maximum Gasteiger partial charge on any atom is 0.272 e. The predicted octanol–water partition coefficient (Wildman–Crippen LogP) is 2.66. The molecule has 0 radical (unpaired) electrons. The lowest BCUT2D eigenvalue weighted by Gasteiger charge is -2.33. The molecule has 0 bridgehead atoms. The van der Waals surface area contributed by atoms with Crippen LogP contribution in [0.3, 0.4) is 0 Å². The molecule has 2 aliphatic rings. The second-order valence-corrected chi connectivity index (χ2v) is 7.67. The molecule has 2 amide bonds. The minimum absolute atomic E-state index is 0.0206. The van der Waals surface area contributed by atoms with Crippen molar-refractivity contribution in [1.29, 1.82) is 0 Å². The Labute approximate surface area is 159 Å². The number of rotatable bonds is 4. The zero-order valence-electron chi connectivity index (χ0n) is 15.5. The largest absolute Gasteiger partial charge is 0.341 e. The highest BCUT2D eigenvalue weighted by molar-refractivity contribution is 5.95. The molecule has 2 fully saturated rings. The first-order valence-corrected chi connectivity index (χ1v) is 9.53. The van der Waals surface area contributed by atoms with Crippen molar-refractivity contribution in [3.63, 3.8) is 0 Å². The summed E-state index contributed by atoms with van der Waals surface area (Å²) < 4.78 is 0. The van der Waals surface area contributed by atoms with E-state index in [1.165, 1.54) is 19.0 Å². The second kappa shape index (κ2) is 7.10. The van der Waals surface area contributed by atoms with Crippen molar-refractivity contribution >= 4 is 11.8 Å². The van der Waals surface area contributed by atoms with Gasteiger partial charge in [-0.15, -0.1) is 0 Å². The highest BCUT2D eigenvalue weighted by Gasteiger charge is 2.45. The zero-order chi connectivity index (χ0) is 18.9. The molecule has 1 aromatic carbocycles. The standard InChI is InChI=1S/C21H24N4O2/c1-15(20(27)25-11-9-21(7-8-21)10-12-25)24-19(26)18-14-22-17(13-23-18)16-5-3-2-4-6-16/h2-6,13-15H,7-12H2,1H3,(H,24,26)/t15-/m1/s1. The summed E-state index contributed by atoms with van der Waals surface area (Å²) in [5.74, 6) is -0.397. The van der Waals surface area contributed by atoms with Crippen LogP contribution >= 0.6 is 0 Å². The van der Waals surface area contributed by atoms with Gasteiger partial charge in [0.05, 0.1) is 18.1 Å². The Morgan fingerprint density at radius 3 is 2.33 bits per heavy atom. The predicted molar refractivity (Wildman–Crippen MR) is 102 cm³/mol. The van der Waals surface area contributed by atoms with Gasteiger partial charge in [0.15, 0.2) is 0 Å². The summed E-state index contributed by atoms with van der Waals surface area (Å²) in [6.07, 6.45) is 7.82. The van der Waals surface area contributed by atoms with Gasteiger partial charge in [-0.3, -0.25) is 14.6 Å². The van der Waals surface area contributed by atoms with Gasteiger partial charge in [0.2, 0.25) is 5.91 Å². The van der Waals surface area contributed by atoms with Gasteiger partial charge in [-0.1, -0.05) is 30.3 Å². The first-order chi connectivity index (χ1) is 13.1. The van der Waals surface area contributed by atoms with E-state index < -0.39 is 6.04 Å². The van der Waals surface area contributed by atoms with Crippen LogP contribution in [-0.4, -0.2) is 45.8 Å². The number of nitrogens with one attached hydrogen (secondary N) is 1. The third-order valence-electron chi connectivity index (χ3n) is 5.76. The fourth-order valence-electron chi connectivity index (χ4n) is 3.69. The van der Waals surface area contributed by atoms with Crippen LogP contribution in [0, 0.1) is 5.41 Å². The number of aromatic nitrogens is 2. The van der Waals surface area contributed by atoms with Crippen LogP contribution in [0.15, 0.2) is 42.7 Å². The average Bonchev–Trinajstić information content (AvgIpc) is 3.47. The Balaban J connectivity index is 1.34. The van der Waals surface area contributed by atoms with E-state index in [2.05, 4.69) is 15.3 Å². The van der Waals surface area contributed by atoms with Gasteiger partial charge in [-0.05, 0) is 38.0 Å². The molecule has 6 nitrogen and oxygen atoms in total. The number of amides is 2. The van der Waals surface area contributed by atoms with E-state index in [1.54, 1.807) is 13.1 Å². The molecular formula is C21H24N4O2. The van der Waals surface area contributed by atoms with Gasteiger partial charge in [0.25, 0.3) is 5.91 Å². The molecule has 2 aromatic rings. The van der Waals surface area contributed by atoms with Crippen molar-refractivity contribution in [3.8, 4) is 11.3 Å². The Kier molecular flexibility index (Phi) is 4.64. The first kappa shape index (κ1) is 17.6. The summed E-state index contributed by atoms with van der Waals surface area (Å²) in [7, 11) is 0. The highest BCUT2D eigenvalue weighted by Crippen LogP contribution is 2.53. The van der Waals surface area contributed by atoms with Crippen molar-refractivity contribution < 1.29 is 9.59 Å². The van der Waals surface area contributed by atoms with Crippen LogP contribution in [0.4, 0.5) is 0 Å². The van der Waals surface area contributed by atoms with E-state index >= 15 is 0 Å². The monoisotopic (exact) mass is 364 g/mol. The molecule has 6 heteroatoms. The fraction of sp³-hybridized carbons (Fsp3) is 0.429. The van der Waals surface area contributed by atoms with E-state index in [1.807, 2.05) is 35.2 Å². The summed E-state index contributed by atoms with van der Waals surface area (Å²) in [4.78, 5) is 35.4. The summed E-state index contributed by atoms with van der Waals surface area (Å²) >= 11 is 0. The molecule has 2 heterocycles. The number of carbonyl (C=O) groups is 2. The molecule has 1 aromatic heterocycles. The number of piperidine rings is 1. The van der Waals surface area contributed by atoms with Gasteiger partial charge >= 0.3 is 0 Å². The SMILES string of the molecule is C[C@@H](NC(=O)c1cnc(-c2ccccc2)cn1)C(=O)N1CCC2(CC1)CC2. The molecule has 4 rings (SSSR count). The average molecular weight is 364 g/mol. The van der Waals surface area contributed by atoms with Gasteiger partial charge in [0, 0.05) is 18.7 Å². The first-order valence-electron chi connectivity index (χ1n) is 9.53. The van der Waals surface area contributed by atoms with Crippen LogP contribution in [0.1, 0.15) is 43.1 Å². The van der Waals surface area contributed by atoms with Crippen LogP contribution < -0.4 is 5.32 Å². The van der Waals surface area contributed by atoms with Crippen LogP contribution in [0.25, 0.3) is 11.3 Å². The molecule has 1 atom stereocenters. The number of likely N-dealkylation sites (tertiary alicyclic amines) is 1. The smallest absolute Gasteiger partial charge is 0.272 e. The van der Waals surface area contributed by atoms with Crippen molar-refractivity contribution in [2.45, 2.75) is 38.6 Å². The van der Waals surface area contributed by atoms with Gasteiger partial charge in [-0.2, -0.15) is 0 Å². The van der Waals surface area contributed by atoms with Crippen LogP contribution in [0.2, 0.25) is 0 Å². The fourth-order valence-corrected chi connectivity index (χ4v) is 3.69. The third-order valence-corrected chi connectivity index (χ3v) is 5.76. The number of benzene rings is 1. The Bertz CT molecular complexity index is 821. The molecule has 140 valence electrons. The quantitative estimate of drug-likeness (QED) is 0.905. The number of hydrogen-bond acceptors (Lipinski definition) is 4. The van der Waals surface area contributed by atoms with Crippen molar-refractivity contribution in [1.82, 2.24) is 20.2 Å². The Morgan fingerprint density at radius 1 is 1.04 bits per heavy atom. The highest BCUT2D eigenvalue weighted by atomic mass is 16.2. The summed E-state index contributed by atoms with van der Waals surface area (Å²) in [5, 5.41) is 2.76. The van der Waals surface area contributed by atoms with Gasteiger partial charge < -0.3 is 10.2 Å². The molecule has 27 heavy (non-hydrogen) atoms. The molecule has 1 aliphatic carbocycles. The minimum atomic E-state index is -0.568. The lowest BCUT2D eigenvalue weighted by atomic mass is 9.93. The summed E-state index contributed by atoms with van der Waals surface area (Å²) in [6.45, 7) is 3.32. The molecule has 1 saturated heterocycles. The second-order valence-electron chi connectivity index (χ2n) is 7.67. The van der Waals surface area contributed by atoms with Gasteiger partial charge in [-0.25, -0.2) is 4.98 Å². The number of nitrogens with zero attached hydrogens (tertiary/aromatic N) is 3. The number of carbonyl (C=O) groups excluding carboxylic acids is 2. The lowest BCUT2D eigenvalue weighted by Crippen LogP contribution is -2.49. The van der Waals surface area contributed by atoms with Crippen LogP contribution in [0.5, 0.6) is 0 Å². The van der Waals surface area contributed by atoms with Gasteiger partial charge in [0.1, 0.15) is 11.7 Å². The molecular weight excluding hydrogens is 340 g/mol. The third kappa shape index (κ3) is 3.84. The van der Waals surface area contributed by atoms with Crippen molar-refractivity contribution in [2.75, 3.05) is 13.1 Å². The van der Waals surface area contributed by atoms with E-state index in [0.717, 1.165) is 31.5 Å². The lowest BCUT2D eigenvalue weighted by molar-refractivity contribution is -0.134. The van der Waals surface area contributed by atoms with E-state index in [0.29, 0.717) is 11.1 Å². The Hall–Kier alpha value is -2.76. The molecule has 1 spiro atoms. The zero-order valence-corrected chi connectivity index (χ0v) is 15.5. The molecule has 1 N–H and O–H groups in total. The maximum absolute atomic E-state index is 12.6. The Morgan fingerprint density at radius 2 is 1.74 bits per heavy atom. The number of hydrogen-bond donors (Lipinski definition) is 1. The van der Waals surface area contributed by atoms with Crippen LogP contribution in [-0.2, 0) is 4.79 Å². The van der Waals surface area contributed by atoms with E-state index in [4.69, 9.17) is 0 Å². The maximum atomic E-state index is 12.6. The van der Waals surface area contributed by atoms with Crippen molar-refractivity contribution in [3.05, 3.63) is 48.4 Å². The van der Waals surface area contributed by atoms with Crippen molar-refractivity contribution in [2.24, 2.45) is 5.41 Å². The normalized spacial score (nSPS) is 18.8. The van der Waals surface area contributed by atoms with E-state index in [-0.39, 0.29) is 17.5 Å². The molecule has 1 aliphatic heterocycles. The minimum Gasteiger partial charge on any atom is -0.341 e. The summed E-state index contributed by atoms with van der Waals surface area (Å²) in [5.41, 5.74) is 2.39. The topological polar surface area (TPSA) is 75.2 Å². The summed E-state index contributed by atoms with van der Waals surface area (Å²) in [6, 6.07) is 9.10. The van der Waals surface area contributed by atoms with E-state index in [9.17, 15) is 9.59 Å². The molecule has 0 unspecified atom stereocenters. The molecule has 1 saturated carbocycles.